The zero-order chi connectivity index (χ0) is 27.5. The lowest BCUT2D eigenvalue weighted by Gasteiger charge is -2.23. The van der Waals surface area contributed by atoms with E-state index < -0.39 is 17.5 Å². The third kappa shape index (κ3) is 4.43. The fraction of sp³-hybridized carbons (Fsp3) is 0.357. The molecular formula is C28H26F2N4O4S. The summed E-state index contributed by atoms with van der Waals surface area (Å²) < 4.78 is 39.3. The van der Waals surface area contributed by atoms with Crippen molar-refractivity contribution in [3.8, 4) is 16.9 Å². The molecule has 0 spiro atoms. The van der Waals surface area contributed by atoms with Gasteiger partial charge in [0.1, 0.15) is 22.4 Å². The molecule has 0 saturated heterocycles. The van der Waals surface area contributed by atoms with E-state index in [4.69, 9.17) is 14.5 Å². The second-order valence-corrected chi connectivity index (χ2v) is 11.3. The van der Waals surface area contributed by atoms with Crippen molar-refractivity contribution < 1.29 is 28.2 Å². The molecule has 0 amide bonds. The van der Waals surface area contributed by atoms with Crippen LogP contribution in [0.4, 0.5) is 8.78 Å². The first-order valence-corrected chi connectivity index (χ1v) is 13.5. The van der Waals surface area contributed by atoms with Crippen molar-refractivity contribution in [3.63, 3.8) is 0 Å². The molecule has 2 aliphatic heterocycles. The Morgan fingerprint density at radius 2 is 1.97 bits per heavy atom. The lowest BCUT2D eigenvalue weighted by atomic mass is 9.95. The van der Waals surface area contributed by atoms with Crippen LogP contribution in [-0.2, 0) is 15.1 Å². The second kappa shape index (κ2) is 9.56. The monoisotopic (exact) mass is 552 g/mol. The number of carbonyl (C=O) groups is 1. The minimum atomic E-state index is -2.99. The number of hydrogen-bond acceptors (Lipinski definition) is 8. The number of nitrogens with zero attached hydrogens (tertiary/aromatic N) is 4. The van der Waals surface area contributed by atoms with Gasteiger partial charge in [0.25, 0.3) is 0 Å². The molecule has 2 aromatic heterocycles. The molecule has 6 rings (SSSR count). The van der Waals surface area contributed by atoms with E-state index in [-0.39, 0.29) is 30.3 Å². The maximum atomic E-state index is 13.4. The van der Waals surface area contributed by atoms with Crippen LogP contribution in [0.1, 0.15) is 56.4 Å². The van der Waals surface area contributed by atoms with Crippen LogP contribution < -0.4 is 4.74 Å². The third-order valence-corrected chi connectivity index (χ3v) is 8.47. The number of imidazole rings is 1. The molecule has 4 aromatic rings. The van der Waals surface area contributed by atoms with Crippen molar-refractivity contribution in [1.82, 2.24) is 19.5 Å². The van der Waals surface area contributed by atoms with Crippen LogP contribution >= 0.6 is 11.8 Å². The summed E-state index contributed by atoms with van der Waals surface area (Å²) in [5, 5.41) is 9.62. The Balaban J connectivity index is 1.52. The molecule has 8 nitrogen and oxygen atoms in total. The van der Waals surface area contributed by atoms with Crippen LogP contribution in [0.3, 0.4) is 0 Å². The van der Waals surface area contributed by atoms with E-state index >= 15 is 0 Å². The van der Waals surface area contributed by atoms with E-state index in [1.165, 1.54) is 17.8 Å². The van der Waals surface area contributed by atoms with Crippen molar-refractivity contribution >= 4 is 28.8 Å². The number of hydrogen-bond donors (Lipinski definition) is 1. The van der Waals surface area contributed by atoms with Crippen molar-refractivity contribution in [2.75, 3.05) is 6.61 Å². The summed E-state index contributed by atoms with van der Waals surface area (Å²) in [4.78, 5) is 27.4. The van der Waals surface area contributed by atoms with Crippen molar-refractivity contribution in [2.45, 2.75) is 61.5 Å². The standard InChI is InChI=1S/C28H26F2N4O4S/c1-4-37-25(35)23-16-11-19(22-20(38-27(29)30)6-5-7-21(22)39-23)34-18-10-14(8-9-17(18)33-24(16)34)15-12-31-26(32-13-15)28(2,3)36/h5-10,12-13,16,19,23,27,36H,4,11H2,1-3H3/t16-,19-,23-/m1/s1. The smallest absolute Gasteiger partial charge is 0.387 e. The molecule has 1 N–H and O–H groups in total. The Hall–Kier alpha value is -3.57. The third-order valence-electron chi connectivity index (χ3n) is 7.08. The number of benzene rings is 2. The Labute approximate surface area is 227 Å². The highest BCUT2D eigenvalue weighted by Crippen LogP contribution is 2.55. The Kier molecular flexibility index (Phi) is 6.30. The molecule has 2 aliphatic rings. The van der Waals surface area contributed by atoms with Crippen LogP contribution in [0.2, 0.25) is 0 Å². The second-order valence-electron chi connectivity index (χ2n) is 10.1. The molecule has 0 radical (unpaired) electrons. The average Bonchev–Trinajstić information content (AvgIpc) is 3.37. The lowest BCUT2D eigenvalue weighted by Crippen LogP contribution is -2.26. The fourth-order valence-electron chi connectivity index (χ4n) is 5.44. The quantitative estimate of drug-likeness (QED) is 0.316. The van der Waals surface area contributed by atoms with Crippen LogP contribution in [0.15, 0.2) is 53.7 Å². The number of alkyl halides is 2. The topological polar surface area (TPSA) is 99.4 Å². The van der Waals surface area contributed by atoms with Gasteiger partial charge in [0.2, 0.25) is 0 Å². The predicted molar refractivity (Wildman–Crippen MR) is 141 cm³/mol. The minimum Gasteiger partial charge on any atom is -0.465 e. The minimum absolute atomic E-state index is 0.0877. The number of aromatic nitrogens is 4. The predicted octanol–water partition coefficient (Wildman–Crippen LogP) is 5.44. The van der Waals surface area contributed by atoms with Gasteiger partial charge in [-0.1, -0.05) is 12.1 Å². The molecule has 202 valence electrons. The summed E-state index contributed by atoms with van der Waals surface area (Å²) in [7, 11) is 0. The number of ether oxygens (including phenoxy) is 2. The molecule has 3 atom stereocenters. The lowest BCUT2D eigenvalue weighted by molar-refractivity contribution is -0.142. The van der Waals surface area contributed by atoms with Crippen LogP contribution in [-0.4, -0.2) is 49.1 Å². The molecule has 0 unspecified atom stereocenters. The Morgan fingerprint density at radius 1 is 1.21 bits per heavy atom. The maximum Gasteiger partial charge on any atom is 0.387 e. The zero-order valence-corrected chi connectivity index (χ0v) is 22.3. The van der Waals surface area contributed by atoms with Gasteiger partial charge in [-0.3, -0.25) is 4.79 Å². The van der Waals surface area contributed by atoms with Crippen LogP contribution in [0.5, 0.6) is 5.75 Å². The number of aliphatic hydroxyl groups is 1. The Bertz CT molecular complexity index is 1570. The molecule has 4 heterocycles. The first-order chi connectivity index (χ1) is 18.7. The largest absolute Gasteiger partial charge is 0.465 e. The highest BCUT2D eigenvalue weighted by atomic mass is 32.2. The molecule has 0 saturated carbocycles. The number of thioether (sulfide) groups is 1. The number of rotatable bonds is 6. The maximum absolute atomic E-state index is 13.4. The number of carbonyl (C=O) groups excluding carboxylic acids is 1. The highest BCUT2D eigenvalue weighted by Gasteiger charge is 2.47. The Morgan fingerprint density at radius 3 is 2.67 bits per heavy atom. The van der Waals surface area contributed by atoms with Gasteiger partial charge in [-0.05, 0) is 57.0 Å². The average molecular weight is 553 g/mol. The summed E-state index contributed by atoms with van der Waals surface area (Å²) in [5.74, 6) is 0.475. The fourth-order valence-corrected chi connectivity index (χ4v) is 6.80. The first-order valence-electron chi connectivity index (χ1n) is 12.6. The normalized spacial score (nSPS) is 20.0. The van der Waals surface area contributed by atoms with E-state index in [1.54, 1.807) is 39.2 Å². The van der Waals surface area contributed by atoms with Gasteiger partial charge in [0.15, 0.2) is 5.82 Å². The molecule has 11 heteroatoms. The van der Waals surface area contributed by atoms with Gasteiger partial charge in [-0.2, -0.15) is 8.78 Å². The zero-order valence-electron chi connectivity index (χ0n) is 21.5. The van der Waals surface area contributed by atoms with Crippen molar-refractivity contribution in [1.29, 1.82) is 0 Å². The number of fused-ring (bicyclic) bond motifs is 9. The summed E-state index contributed by atoms with van der Waals surface area (Å²) in [5.41, 5.74) is 2.56. The van der Waals surface area contributed by atoms with E-state index in [1.807, 2.05) is 28.8 Å². The van der Waals surface area contributed by atoms with E-state index in [0.29, 0.717) is 28.5 Å². The molecule has 39 heavy (non-hydrogen) atoms. The van der Waals surface area contributed by atoms with Gasteiger partial charge < -0.3 is 19.1 Å². The molecule has 2 aromatic carbocycles. The summed E-state index contributed by atoms with van der Waals surface area (Å²) in [6.07, 6.45) is 3.81. The summed E-state index contributed by atoms with van der Waals surface area (Å²) >= 11 is 1.32. The SMILES string of the molecule is CCOC(=O)[C@@H]1Sc2cccc(OC(F)F)c2[C@H]2C[C@H]1c1nc3ccc(-c4cnc(C(C)(C)O)nc4)cc3n12. The van der Waals surface area contributed by atoms with Crippen molar-refractivity contribution in [3.05, 3.63) is 66.0 Å². The van der Waals surface area contributed by atoms with Gasteiger partial charge in [0.05, 0.1) is 23.7 Å². The van der Waals surface area contributed by atoms with Gasteiger partial charge in [-0.15, -0.1) is 11.8 Å². The van der Waals surface area contributed by atoms with Gasteiger partial charge in [-0.25, -0.2) is 15.0 Å². The van der Waals surface area contributed by atoms with Crippen LogP contribution in [0, 0.1) is 0 Å². The van der Waals surface area contributed by atoms with E-state index in [9.17, 15) is 18.7 Å². The van der Waals surface area contributed by atoms with Gasteiger partial charge in [0, 0.05) is 34.3 Å². The number of halogens is 2. The summed E-state index contributed by atoms with van der Waals surface area (Å²) in [6.45, 7) is 2.25. The highest BCUT2D eigenvalue weighted by molar-refractivity contribution is 8.00. The van der Waals surface area contributed by atoms with Crippen molar-refractivity contribution in [2.24, 2.45) is 0 Å². The number of esters is 1. The molecule has 0 fully saturated rings. The van der Waals surface area contributed by atoms with Gasteiger partial charge >= 0.3 is 12.6 Å². The van der Waals surface area contributed by atoms with E-state index in [2.05, 4.69) is 9.97 Å². The summed E-state index contributed by atoms with van der Waals surface area (Å²) in [6, 6.07) is 10.4. The molecule has 2 bridgehead atoms. The first kappa shape index (κ1) is 25.7. The molecule has 0 aliphatic carbocycles. The van der Waals surface area contributed by atoms with Crippen LogP contribution in [0.25, 0.3) is 22.2 Å². The van der Waals surface area contributed by atoms with E-state index in [0.717, 1.165) is 22.2 Å². The molecular weight excluding hydrogens is 526 g/mol.